The molecule has 1 fully saturated rings. The lowest BCUT2D eigenvalue weighted by atomic mass is 10.0. The van der Waals surface area contributed by atoms with Gasteiger partial charge in [-0.2, -0.15) is 5.10 Å². The molecule has 3 aromatic rings. The van der Waals surface area contributed by atoms with E-state index in [1.807, 2.05) is 30.0 Å². The highest BCUT2D eigenvalue weighted by Gasteiger charge is 2.23. The number of likely N-dealkylation sites (tertiary alicyclic amines) is 1. The van der Waals surface area contributed by atoms with Gasteiger partial charge in [0.2, 0.25) is 5.91 Å². The van der Waals surface area contributed by atoms with Gasteiger partial charge in [0.05, 0.1) is 17.6 Å². The van der Waals surface area contributed by atoms with Crippen LogP contribution >= 0.6 is 0 Å². The van der Waals surface area contributed by atoms with Crippen LogP contribution in [0.2, 0.25) is 0 Å². The number of piperidine rings is 1. The molecular weight excluding hydrogens is 347 g/mol. The Morgan fingerprint density at radius 2 is 2.07 bits per heavy atom. The predicted octanol–water partition coefficient (Wildman–Crippen LogP) is 1.99. The predicted molar refractivity (Wildman–Crippen MR) is 102 cm³/mol. The molecule has 1 amide bonds. The SMILES string of the molecule is CN(C)CC(=O)N1CCC(Nc2cc3c4ccc(F)cc4nn3cn2)CC1. The molecular formula is C19H23FN6O. The zero-order valence-electron chi connectivity index (χ0n) is 15.5. The summed E-state index contributed by atoms with van der Waals surface area (Å²) in [7, 11) is 3.81. The van der Waals surface area contributed by atoms with Crippen molar-refractivity contribution in [3.63, 3.8) is 0 Å². The lowest BCUT2D eigenvalue weighted by molar-refractivity contribution is -0.132. The van der Waals surface area contributed by atoms with Crippen LogP contribution in [0.5, 0.6) is 0 Å². The Hall–Kier alpha value is -2.74. The monoisotopic (exact) mass is 370 g/mol. The maximum atomic E-state index is 13.4. The quantitative estimate of drug-likeness (QED) is 0.761. The number of hydrogen-bond acceptors (Lipinski definition) is 5. The zero-order chi connectivity index (χ0) is 19.0. The number of carbonyl (C=O) groups excluding carboxylic acids is 1. The lowest BCUT2D eigenvalue weighted by Crippen LogP contribution is -2.45. The maximum Gasteiger partial charge on any atom is 0.236 e. The third-order valence-corrected chi connectivity index (χ3v) is 4.93. The van der Waals surface area contributed by atoms with E-state index in [2.05, 4.69) is 15.4 Å². The highest BCUT2D eigenvalue weighted by molar-refractivity contribution is 5.94. The fraction of sp³-hybridized carbons (Fsp3) is 0.421. The van der Waals surface area contributed by atoms with Crippen molar-refractivity contribution in [2.45, 2.75) is 18.9 Å². The molecule has 2 aromatic heterocycles. The number of rotatable bonds is 4. The average molecular weight is 370 g/mol. The van der Waals surface area contributed by atoms with Crippen molar-refractivity contribution in [1.29, 1.82) is 0 Å². The van der Waals surface area contributed by atoms with Crippen LogP contribution in [0.25, 0.3) is 16.4 Å². The molecule has 0 bridgehead atoms. The average Bonchev–Trinajstić information content (AvgIpc) is 2.98. The molecule has 0 radical (unpaired) electrons. The largest absolute Gasteiger partial charge is 0.367 e. The number of anilines is 1. The van der Waals surface area contributed by atoms with Crippen molar-refractivity contribution in [2.75, 3.05) is 39.0 Å². The molecule has 0 atom stereocenters. The molecule has 3 heterocycles. The van der Waals surface area contributed by atoms with E-state index in [0.29, 0.717) is 12.1 Å². The molecule has 1 N–H and O–H groups in total. The summed E-state index contributed by atoms with van der Waals surface area (Å²) in [5, 5.41) is 8.71. The van der Waals surface area contributed by atoms with E-state index in [-0.39, 0.29) is 17.8 Å². The zero-order valence-corrected chi connectivity index (χ0v) is 15.5. The minimum absolute atomic E-state index is 0.177. The second-order valence-electron chi connectivity index (χ2n) is 7.30. The second-order valence-corrected chi connectivity index (χ2v) is 7.30. The first-order chi connectivity index (χ1) is 13.0. The fourth-order valence-corrected chi connectivity index (χ4v) is 3.54. The van der Waals surface area contributed by atoms with E-state index in [4.69, 9.17) is 0 Å². The van der Waals surface area contributed by atoms with Crippen LogP contribution in [-0.4, -0.2) is 70.1 Å². The topological polar surface area (TPSA) is 65.8 Å². The Balaban J connectivity index is 1.45. The number of carbonyl (C=O) groups is 1. The van der Waals surface area contributed by atoms with Crippen molar-refractivity contribution in [1.82, 2.24) is 24.4 Å². The molecule has 4 rings (SSSR count). The number of amides is 1. The van der Waals surface area contributed by atoms with Gasteiger partial charge in [-0.25, -0.2) is 13.9 Å². The minimum atomic E-state index is -0.298. The Morgan fingerprint density at radius 3 is 2.81 bits per heavy atom. The van der Waals surface area contributed by atoms with Gasteiger partial charge in [-0.15, -0.1) is 0 Å². The van der Waals surface area contributed by atoms with Crippen LogP contribution in [0.15, 0.2) is 30.6 Å². The highest BCUT2D eigenvalue weighted by atomic mass is 19.1. The van der Waals surface area contributed by atoms with E-state index in [9.17, 15) is 9.18 Å². The van der Waals surface area contributed by atoms with Crippen molar-refractivity contribution >= 4 is 28.1 Å². The van der Waals surface area contributed by atoms with Gasteiger partial charge in [-0.3, -0.25) is 4.79 Å². The van der Waals surface area contributed by atoms with Crippen LogP contribution in [0.1, 0.15) is 12.8 Å². The van der Waals surface area contributed by atoms with Gasteiger partial charge in [-0.05, 0) is 39.1 Å². The second kappa shape index (κ2) is 7.11. The molecule has 7 nitrogen and oxygen atoms in total. The first-order valence-corrected chi connectivity index (χ1v) is 9.12. The van der Waals surface area contributed by atoms with Gasteiger partial charge >= 0.3 is 0 Å². The number of aromatic nitrogens is 3. The molecule has 1 aliphatic rings. The van der Waals surface area contributed by atoms with Gasteiger partial charge in [0.15, 0.2) is 0 Å². The molecule has 1 aromatic carbocycles. The van der Waals surface area contributed by atoms with E-state index < -0.39 is 0 Å². The molecule has 0 aliphatic carbocycles. The fourth-order valence-electron chi connectivity index (χ4n) is 3.54. The molecule has 1 saturated heterocycles. The van der Waals surface area contributed by atoms with Gasteiger partial charge in [0.1, 0.15) is 18.0 Å². The maximum absolute atomic E-state index is 13.4. The van der Waals surface area contributed by atoms with Gasteiger partial charge in [0, 0.05) is 36.7 Å². The van der Waals surface area contributed by atoms with Crippen LogP contribution < -0.4 is 5.32 Å². The third-order valence-electron chi connectivity index (χ3n) is 4.93. The molecule has 0 unspecified atom stereocenters. The number of fused-ring (bicyclic) bond motifs is 3. The summed E-state index contributed by atoms with van der Waals surface area (Å²) in [5.41, 5.74) is 1.50. The number of halogens is 1. The van der Waals surface area contributed by atoms with Gasteiger partial charge < -0.3 is 15.1 Å². The molecule has 27 heavy (non-hydrogen) atoms. The van der Waals surface area contributed by atoms with Gasteiger partial charge in [0.25, 0.3) is 0 Å². The van der Waals surface area contributed by atoms with Crippen LogP contribution in [0.4, 0.5) is 10.2 Å². The van der Waals surface area contributed by atoms with Crippen LogP contribution in [-0.2, 0) is 4.79 Å². The Labute approximate surface area is 156 Å². The van der Waals surface area contributed by atoms with E-state index in [1.165, 1.54) is 12.1 Å². The standard InChI is InChI=1S/C19H23FN6O/c1-24(2)11-19(27)25-7-5-14(6-8-25)22-18-10-17-15-4-3-13(20)9-16(15)23-26(17)12-21-18/h3-4,9-10,12,14,22H,5-8,11H2,1-2H3. The third kappa shape index (κ3) is 3.71. The van der Waals surface area contributed by atoms with Crippen LogP contribution in [0.3, 0.4) is 0 Å². The summed E-state index contributed by atoms with van der Waals surface area (Å²) in [5.74, 6) is 0.649. The van der Waals surface area contributed by atoms with Gasteiger partial charge in [-0.1, -0.05) is 0 Å². The van der Waals surface area contributed by atoms with E-state index in [1.54, 1.807) is 16.9 Å². The number of nitrogens with zero attached hydrogens (tertiary/aromatic N) is 5. The summed E-state index contributed by atoms with van der Waals surface area (Å²) in [4.78, 5) is 20.4. The molecule has 0 saturated carbocycles. The van der Waals surface area contributed by atoms with E-state index in [0.717, 1.165) is 42.7 Å². The number of nitrogens with one attached hydrogen (secondary N) is 1. The molecule has 0 spiro atoms. The minimum Gasteiger partial charge on any atom is -0.367 e. The molecule has 142 valence electrons. The summed E-state index contributed by atoms with van der Waals surface area (Å²) in [6.07, 6.45) is 3.42. The smallest absolute Gasteiger partial charge is 0.236 e. The number of benzene rings is 1. The van der Waals surface area contributed by atoms with Crippen molar-refractivity contribution < 1.29 is 9.18 Å². The molecule has 8 heteroatoms. The van der Waals surface area contributed by atoms with Crippen molar-refractivity contribution in [2.24, 2.45) is 0 Å². The Bertz CT molecular complexity index is 977. The summed E-state index contributed by atoms with van der Waals surface area (Å²) < 4.78 is 15.1. The van der Waals surface area contributed by atoms with Crippen LogP contribution in [0, 0.1) is 5.82 Å². The Kier molecular flexibility index (Phi) is 4.65. The van der Waals surface area contributed by atoms with Crippen molar-refractivity contribution in [3.8, 4) is 0 Å². The summed E-state index contributed by atoms with van der Waals surface area (Å²) >= 11 is 0. The first kappa shape index (κ1) is 17.7. The number of hydrogen-bond donors (Lipinski definition) is 1. The van der Waals surface area contributed by atoms with Crippen molar-refractivity contribution in [3.05, 3.63) is 36.4 Å². The summed E-state index contributed by atoms with van der Waals surface area (Å²) in [6.45, 7) is 1.95. The normalized spacial score (nSPS) is 15.8. The Morgan fingerprint density at radius 1 is 1.30 bits per heavy atom. The van der Waals surface area contributed by atoms with E-state index >= 15 is 0 Å². The number of likely N-dealkylation sites (N-methyl/N-ethyl adjacent to an activating group) is 1. The first-order valence-electron chi connectivity index (χ1n) is 9.12. The summed E-state index contributed by atoms with van der Waals surface area (Å²) in [6, 6.07) is 6.83. The molecule has 1 aliphatic heterocycles. The highest BCUT2D eigenvalue weighted by Crippen LogP contribution is 2.23. The lowest BCUT2D eigenvalue weighted by Gasteiger charge is -2.33.